The lowest BCUT2D eigenvalue weighted by Gasteiger charge is -2.08. The standard InChI is InChI=1S/C9H18NO2P/c1-3-5-7-11-13(9-10)12-8-6-4-2/h3-8H2,1-2H3. The molecule has 0 aliphatic heterocycles. The summed E-state index contributed by atoms with van der Waals surface area (Å²) in [6.45, 7) is 5.47. The van der Waals surface area contributed by atoms with Crippen LogP contribution in [0.2, 0.25) is 0 Å². The van der Waals surface area contributed by atoms with E-state index in [0.717, 1.165) is 25.7 Å². The Bertz CT molecular complexity index is 137. The second-order valence-corrected chi connectivity index (χ2v) is 3.96. The molecule has 0 amide bonds. The quantitative estimate of drug-likeness (QED) is 0.448. The maximum Gasteiger partial charge on any atom is 0.285 e. The van der Waals surface area contributed by atoms with E-state index in [1.165, 1.54) is 0 Å². The predicted octanol–water partition coefficient (Wildman–Crippen LogP) is 3.41. The average molecular weight is 203 g/mol. The van der Waals surface area contributed by atoms with Crippen LogP contribution in [0.3, 0.4) is 0 Å². The molecule has 76 valence electrons. The Morgan fingerprint density at radius 2 is 1.54 bits per heavy atom. The number of rotatable bonds is 8. The van der Waals surface area contributed by atoms with Crippen LogP contribution < -0.4 is 0 Å². The molecule has 3 nitrogen and oxygen atoms in total. The number of unbranched alkanes of at least 4 members (excludes halogenated alkanes) is 2. The van der Waals surface area contributed by atoms with E-state index in [2.05, 4.69) is 13.8 Å². The molecule has 0 radical (unpaired) electrons. The van der Waals surface area contributed by atoms with Crippen LogP contribution in [-0.4, -0.2) is 13.2 Å². The monoisotopic (exact) mass is 203 g/mol. The van der Waals surface area contributed by atoms with E-state index in [-0.39, 0.29) is 0 Å². The minimum Gasteiger partial charge on any atom is -0.323 e. The molecular weight excluding hydrogens is 185 g/mol. The van der Waals surface area contributed by atoms with Crippen LogP contribution in [0.1, 0.15) is 39.5 Å². The van der Waals surface area contributed by atoms with Crippen molar-refractivity contribution in [3.63, 3.8) is 0 Å². The smallest absolute Gasteiger partial charge is 0.285 e. The Kier molecular flexibility index (Phi) is 9.80. The second kappa shape index (κ2) is 9.92. The Balaban J connectivity index is 3.36. The maximum atomic E-state index is 8.65. The predicted molar refractivity (Wildman–Crippen MR) is 54.3 cm³/mol. The first kappa shape index (κ1) is 12.8. The Morgan fingerprint density at radius 1 is 1.08 bits per heavy atom. The molecule has 0 aliphatic rings. The zero-order valence-corrected chi connectivity index (χ0v) is 9.35. The molecule has 0 N–H and O–H groups in total. The summed E-state index contributed by atoms with van der Waals surface area (Å²) in [6.07, 6.45) is 4.17. The number of hydrogen-bond donors (Lipinski definition) is 0. The lowest BCUT2D eigenvalue weighted by atomic mass is 10.4. The molecular formula is C9H18NO2P. The van der Waals surface area contributed by atoms with Gasteiger partial charge in [0, 0.05) is 0 Å². The second-order valence-electron chi connectivity index (χ2n) is 2.73. The normalized spacial score (nSPS) is 10.3. The van der Waals surface area contributed by atoms with Gasteiger partial charge >= 0.3 is 0 Å². The zero-order valence-electron chi connectivity index (χ0n) is 8.45. The molecule has 0 fully saturated rings. The van der Waals surface area contributed by atoms with Gasteiger partial charge in [0.05, 0.1) is 13.2 Å². The van der Waals surface area contributed by atoms with Gasteiger partial charge in [0.1, 0.15) is 5.81 Å². The third kappa shape index (κ3) is 8.18. The van der Waals surface area contributed by atoms with Gasteiger partial charge in [-0.2, -0.15) is 5.26 Å². The summed E-state index contributed by atoms with van der Waals surface area (Å²) in [5, 5.41) is 8.65. The molecule has 0 aromatic heterocycles. The summed E-state index contributed by atoms with van der Waals surface area (Å²) in [4.78, 5) is 0. The van der Waals surface area contributed by atoms with Crippen molar-refractivity contribution in [2.45, 2.75) is 39.5 Å². The third-order valence-electron chi connectivity index (χ3n) is 1.49. The number of nitrogens with zero attached hydrogens (tertiary/aromatic N) is 1. The van der Waals surface area contributed by atoms with Crippen molar-refractivity contribution in [3.05, 3.63) is 0 Å². The van der Waals surface area contributed by atoms with Crippen molar-refractivity contribution >= 4 is 8.38 Å². The first-order valence-electron chi connectivity index (χ1n) is 4.80. The van der Waals surface area contributed by atoms with Gasteiger partial charge in [-0.15, -0.1) is 0 Å². The molecule has 4 heteroatoms. The van der Waals surface area contributed by atoms with Crippen LogP contribution in [0.4, 0.5) is 0 Å². The van der Waals surface area contributed by atoms with E-state index in [1.54, 1.807) is 0 Å². The highest BCUT2D eigenvalue weighted by molar-refractivity contribution is 7.52. The van der Waals surface area contributed by atoms with Gasteiger partial charge in [-0.25, -0.2) is 0 Å². The lowest BCUT2D eigenvalue weighted by Crippen LogP contribution is -1.93. The molecule has 0 saturated carbocycles. The Hall–Kier alpha value is -0.160. The van der Waals surface area contributed by atoms with Gasteiger partial charge < -0.3 is 9.05 Å². The summed E-state index contributed by atoms with van der Waals surface area (Å²) in [5.74, 6) is 2.04. The number of nitriles is 1. The first-order chi connectivity index (χ1) is 6.35. The molecule has 0 aromatic carbocycles. The Labute approximate surface area is 82.0 Å². The van der Waals surface area contributed by atoms with Crippen molar-refractivity contribution in [2.75, 3.05) is 13.2 Å². The molecule has 0 spiro atoms. The highest BCUT2D eigenvalue weighted by atomic mass is 31.2. The molecule has 0 aliphatic carbocycles. The fourth-order valence-corrected chi connectivity index (χ4v) is 1.46. The van der Waals surface area contributed by atoms with Crippen molar-refractivity contribution < 1.29 is 9.05 Å². The summed E-state index contributed by atoms with van der Waals surface area (Å²) in [5.41, 5.74) is 0. The first-order valence-corrected chi connectivity index (χ1v) is 5.98. The van der Waals surface area contributed by atoms with Crippen LogP contribution in [0.5, 0.6) is 0 Å². The fourth-order valence-electron chi connectivity index (χ4n) is 0.679. The topological polar surface area (TPSA) is 42.2 Å². The van der Waals surface area contributed by atoms with E-state index in [0.29, 0.717) is 13.2 Å². The van der Waals surface area contributed by atoms with E-state index in [4.69, 9.17) is 14.3 Å². The van der Waals surface area contributed by atoms with Gasteiger partial charge in [-0.1, -0.05) is 26.7 Å². The van der Waals surface area contributed by atoms with E-state index >= 15 is 0 Å². The molecule has 13 heavy (non-hydrogen) atoms. The van der Waals surface area contributed by atoms with Crippen molar-refractivity contribution in [2.24, 2.45) is 0 Å². The zero-order chi connectivity index (χ0) is 9.94. The lowest BCUT2D eigenvalue weighted by molar-refractivity contribution is 0.250. The SMILES string of the molecule is CCCCOP(C#N)OCCCC. The Morgan fingerprint density at radius 3 is 1.85 bits per heavy atom. The molecule has 0 atom stereocenters. The number of hydrogen-bond acceptors (Lipinski definition) is 3. The van der Waals surface area contributed by atoms with Crippen LogP contribution in [0.25, 0.3) is 0 Å². The maximum absolute atomic E-state index is 8.65. The molecule has 0 aromatic rings. The van der Waals surface area contributed by atoms with Gasteiger partial charge in [-0.05, 0) is 12.8 Å². The molecule has 0 heterocycles. The van der Waals surface area contributed by atoms with Crippen LogP contribution in [0, 0.1) is 11.1 Å². The van der Waals surface area contributed by atoms with E-state index < -0.39 is 8.38 Å². The largest absolute Gasteiger partial charge is 0.323 e. The van der Waals surface area contributed by atoms with Crippen molar-refractivity contribution in [1.82, 2.24) is 0 Å². The highest BCUT2D eigenvalue weighted by Crippen LogP contribution is 2.36. The molecule has 0 unspecified atom stereocenters. The summed E-state index contributed by atoms with van der Waals surface area (Å²) in [6, 6.07) is 0. The highest BCUT2D eigenvalue weighted by Gasteiger charge is 2.07. The minimum atomic E-state index is -1.28. The van der Waals surface area contributed by atoms with E-state index in [9.17, 15) is 0 Å². The van der Waals surface area contributed by atoms with Crippen molar-refractivity contribution in [3.8, 4) is 5.81 Å². The van der Waals surface area contributed by atoms with Gasteiger partial charge in [-0.3, -0.25) is 0 Å². The molecule has 0 saturated heterocycles. The summed E-state index contributed by atoms with van der Waals surface area (Å²) >= 11 is 0. The average Bonchev–Trinajstić information content (AvgIpc) is 2.16. The van der Waals surface area contributed by atoms with Gasteiger partial charge in [0.25, 0.3) is 8.38 Å². The summed E-state index contributed by atoms with van der Waals surface area (Å²) in [7, 11) is -1.28. The van der Waals surface area contributed by atoms with Crippen LogP contribution in [-0.2, 0) is 9.05 Å². The van der Waals surface area contributed by atoms with Crippen LogP contribution >= 0.6 is 8.38 Å². The third-order valence-corrected chi connectivity index (χ3v) is 2.49. The fraction of sp³-hybridized carbons (Fsp3) is 0.889. The molecule has 0 rings (SSSR count). The van der Waals surface area contributed by atoms with Crippen molar-refractivity contribution in [1.29, 1.82) is 5.26 Å². The summed E-state index contributed by atoms with van der Waals surface area (Å²) < 4.78 is 10.5. The van der Waals surface area contributed by atoms with Crippen LogP contribution in [0.15, 0.2) is 0 Å². The van der Waals surface area contributed by atoms with Gasteiger partial charge in [0.2, 0.25) is 0 Å². The van der Waals surface area contributed by atoms with E-state index in [1.807, 2.05) is 5.81 Å². The minimum absolute atomic E-state index is 0.641. The van der Waals surface area contributed by atoms with Gasteiger partial charge in [0.15, 0.2) is 0 Å². The molecule has 0 bridgehead atoms.